The molecule has 0 spiro atoms. The van der Waals surface area contributed by atoms with Crippen molar-refractivity contribution in [3.8, 4) is 0 Å². The van der Waals surface area contributed by atoms with Crippen LogP contribution in [0.15, 0.2) is 54.6 Å². The largest absolute Gasteiger partial charge is 0.328 e. The number of amides is 5. The molecule has 3 N–H and O–H groups in total. The van der Waals surface area contributed by atoms with E-state index < -0.39 is 29.3 Å². The van der Waals surface area contributed by atoms with Crippen LogP contribution in [0.3, 0.4) is 0 Å². The molecule has 5 amide bonds. The van der Waals surface area contributed by atoms with Gasteiger partial charge < -0.3 is 5.32 Å². The molecule has 0 radical (unpaired) electrons. The van der Waals surface area contributed by atoms with Gasteiger partial charge in [0.1, 0.15) is 0 Å². The van der Waals surface area contributed by atoms with Crippen LogP contribution in [0.25, 0.3) is 0 Å². The lowest BCUT2D eigenvalue weighted by atomic mass is 9.86. The molecule has 0 aromatic heterocycles. The molecule has 132 valence electrons. The van der Waals surface area contributed by atoms with Gasteiger partial charge in [0.15, 0.2) is 0 Å². The number of carbonyl (C=O) groups is 4. The third-order valence-electron chi connectivity index (χ3n) is 4.27. The van der Waals surface area contributed by atoms with Crippen LogP contribution >= 0.6 is 0 Å². The van der Waals surface area contributed by atoms with Crippen molar-refractivity contribution < 1.29 is 19.2 Å². The third kappa shape index (κ3) is 2.95. The van der Waals surface area contributed by atoms with E-state index in [1.54, 1.807) is 42.5 Å². The molecule has 3 rings (SSSR count). The molecule has 0 aliphatic carbocycles. The van der Waals surface area contributed by atoms with Crippen LogP contribution < -0.4 is 16.0 Å². The molecule has 0 atom stereocenters. The van der Waals surface area contributed by atoms with Crippen LogP contribution in [-0.2, 0) is 21.5 Å². The fraction of sp³-hybridized carbons (Fsp3) is 0.158. The summed E-state index contributed by atoms with van der Waals surface area (Å²) >= 11 is 0. The smallest absolute Gasteiger partial charge is 0.326 e. The normalized spacial score (nSPS) is 15.8. The summed E-state index contributed by atoms with van der Waals surface area (Å²) in [4.78, 5) is 49.4. The fourth-order valence-electron chi connectivity index (χ4n) is 2.80. The summed E-state index contributed by atoms with van der Waals surface area (Å²) in [5, 5.41) is 6.61. The maximum atomic E-state index is 12.7. The number of barbiturate groups is 1. The molecule has 26 heavy (non-hydrogen) atoms. The minimum atomic E-state index is -2.03. The van der Waals surface area contributed by atoms with E-state index in [9.17, 15) is 19.2 Å². The summed E-state index contributed by atoms with van der Waals surface area (Å²) in [6.45, 7) is 1.99. The Morgan fingerprint density at radius 2 is 1.50 bits per heavy atom. The van der Waals surface area contributed by atoms with Crippen LogP contribution in [0.2, 0.25) is 0 Å². The minimum absolute atomic E-state index is 0.251. The summed E-state index contributed by atoms with van der Waals surface area (Å²) in [5.74, 6) is -2.41. The lowest BCUT2D eigenvalue weighted by Gasteiger charge is -2.34. The number of imide groups is 2. The molecule has 1 fully saturated rings. The van der Waals surface area contributed by atoms with Gasteiger partial charge in [-0.3, -0.25) is 25.0 Å². The maximum Gasteiger partial charge on any atom is 0.328 e. The second-order valence-electron chi connectivity index (χ2n) is 5.86. The number of aryl methyl sites for hydroxylation is 1. The zero-order chi connectivity index (χ0) is 18.7. The van der Waals surface area contributed by atoms with Gasteiger partial charge in [0, 0.05) is 5.56 Å². The first kappa shape index (κ1) is 17.3. The highest BCUT2D eigenvalue weighted by Crippen LogP contribution is 2.25. The molecular weight excluding hydrogens is 334 g/mol. The summed E-state index contributed by atoms with van der Waals surface area (Å²) < 4.78 is 0. The van der Waals surface area contributed by atoms with E-state index in [1.807, 2.05) is 17.6 Å². The monoisotopic (exact) mass is 351 g/mol. The molecule has 1 saturated heterocycles. The Balaban J connectivity index is 2.01. The second-order valence-corrected chi connectivity index (χ2v) is 5.86. The van der Waals surface area contributed by atoms with Gasteiger partial charge in [-0.2, -0.15) is 0 Å². The number of carbonyl (C=O) groups excluding carboxylic acids is 4. The predicted molar refractivity (Wildman–Crippen MR) is 93.1 cm³/mol. The summed E-state index contributed by atoms with van der Waals surface area (Å²) in [6.07, 6.45) is 0.822. The molecular formula is C19H17N3O4. The molecule has 7 nitrogen and oxygen atoms in total. The standard InChI is InChI=1S/C19H17N3O4/c1-2-12-8-10-13(11-9-12)15(23)22-19(14-6-4-3-5-7-14)16(24)20-18(26)21-17(19)25/h3-11H,2H2,1H3,(H,22,23)(H2,20,21,24,25,26). The van der Waals surface area contributed by atoms with Gasteiger partial charge in [-0.05, 0) is 29.7 Å². The van der Waals surface area contributed by atoms with E-state index in [2.05, 4.69) is 5.32 Å². The Hall–Kier alpha value is -3.48. The molecule has 1 aliphatic rings. The van der Waals surface area contributed by atoms with E-state index in [4.69, 9.17) is 0 Å². The van der Waals surface area contributed by atoms with Gasteiger partial charge >= 0.3 is 6.03 Å². The Labute approximate surface area is 149 Å². The maximum absolute atomic E-state index is 12.7. The quantitative estimate of drug-likeness (QED) is 0.721. The second kappa shape index (κ2) is 6.79. The van der Waals surface area contributed by atoms with Crippen molar-refractivity contribution >= 4 is 23.8 Å². The van der Waals surface area contributed by atoms with Crippen LogP contribution in [0, 0.1) is 0 Å². The topological polar surface area (TPSA) is 104 Å². The van der Waals surface area contributed by atoms with Crippen molar-refractivity contribution in [1.29, 1.82) is 0 Å². The van der Waals surface area contributed by atoms with E-state index in [1.165, 1.54) is 12.1 Å². The zero-order valence-corrected chi connectivity index (χ0v) is 14.0. The first-order chi connectivity index (χ1) is 12.5. The molecule has 0 bridgehead atoms. The Morgan fingerprint density at radius 1 is 0.923 bits per heavy atom. The summed E-state index contributed by atoms with van der Waals surface area (Å²) in [5.41, 5.74) is -0.426. The summed E-state index contributed by atoms with van der Waals surface area (Å²) in [7, 11) is 0. The van der Waals surface area contributed by atoms with Crippen LogP contribution in [0.4, 0.5) is 4.79 Å². The Morgan fingerprint density at radius 3 is 2.04 bits per heavy atom. The van der Waals surface area contributed by atoms with Crippen molar-refractivity contribution in [2.75, 3.05) is 0 Å². The average Bonchev–Trinajstić information content (AvgIpc) is 2.65. The number of rotatable bonds is 4. The number of urea groups is 1. The van der Waals surface area contributed by atoms with Gasteiger partial charge in [-0.15, -0.1) is 0 Å². The summed E-state index contributed by atoms with van der Waals surface area (Å²) in [6, 6.07) is 14.0. The van der Waals surface area contributed by atoms with Gasteiger partial charge in [-0.25, -0.2) is 4.79 Å². The van der Waals surface area contributed by atoms with Gasteiger partial charge in [0.05, 0.1) is 0 Å². The molecule has 2 aromatic rings. The van der Waals surface area contributed by atoms with E-state index >= 15 is 0 Å². The van der Waals surface area contributed by atoms with E-state index in [0.717, 1.165) is 12.0 Å². The van der Waals surface area contributed by atoms with Gasteiger partial charge in [0.2, 0.25) is 5.54 Å². The lowest BCUT2D eigenvalue weighted by Crippen LogP contribution is -2.71. The molecule has 1 heterocycles. The first-order valence-electron chi connectivity index (χ1n) is 8.11. The SMILES string of the molecule is CCc1ccc(C(=O)NC2(c3ccccc3)C(=O)NC(=O)NC2=O)cc1. The van der Waals surface area contributed by atoms with Crippen molar-refractivity contribution in [2.45, 2.75) is 18.9 Å². The molecule has 0 saturated carbocycles. The minimum Gasteiger partial charge on any atom is -0.326 e. The zero-order valence-electron chi connectivity index (χ0n) is 14.0. The predicted octanol–water partition coefficient (Wildman–Crippen LogP) is 1.24. The van der Waals surface area contributed by atoms with Crippen LogP contribution in [-0.4, -0.2) is 23.8 Å². The highest BCUT2D eigenvalue weighted by Gasteiger charge is 2.53. The van der Waals surface area contributed by atoms with Crippen molar-refractivity contribution in [3.63, 3.8) is 0 Å². The highest BCUT2D eigenvalue weighted by molar-refractivity contribution is 6.24. The average molecular weight is 351 g/mol. The molecule has 0 unspecified atom stereocenters. The number of benzene rings is 2. The first-order valence-corrected chi connectivity index (χ1v) is 8.11. The number of hydrogen-bond acceptors (Lipinski definition) is 4. The number of nitrogens with one attached hydrogen (secondary N) is 3. The van der Waals surface area contributed by atoms with Crippen molar-refractivity contribution in [3.05, 3.63) is 71.3 Å². The van der Waals surface area contributed by atoms with Crippen molar-refractivity contribution in [1.82, 2.24) is 16.0 Å². The van der Waals surface area contributed by atoms with Crippen LogP contribution in [0.5, 0.6) is 0 Å². The number of hydrogen-bond donors (Lipinski definition) is 3. The van der Waals surface area contributed by atoms with E-state index in [0.29, 0.717) is 5.56 Å². The van der Waals surface area contributed by atoms with Gasteiger partial charge in [-0.1, -0.05) is 49.4 Å². The Kier molecular flexibility index (Phi) is 4.53. The Bertz CT molecular complexity index is 855. The molecule has 7 heteroatoms. The lowest BCUT2D eigenvalue weighted by molar-refractivity contribution is -0.139. The van der Waals surface area contributed by atoms with Crippen LogP contribution in [0.1, 0.15) is 28.4 Å². The highest BCUT2D eigenvalue weighted by atomic mass is 16.2. The molecule has 2 aromatic carbocycles. The molecule has 1 aliphatic heterocycles. The van der Waals surface area contributed by atoms with Gasteiger partial charge in [0.25, 0.3) is 17.7 Å². The van der Waals surface area contributed by atoms with E-state index in [-0.39, 0.29) is 5.56 Å². The van der Waals surface area contributed by atoms with Crippen molar-refractivity contribution in [2.24, 2.45) is 0 Å². The fourth-order valence-corrected chi connectivity index (χ4v) is 2.80. The third-order valence-corrected chi connectivity index (χ3v) is 4.27.